The molecule has 0 fully saturated rings. The van der Waals surface area contributed by atoms with E-state index in [0.29, 0.717) is 0 Å². The van der Waals surface area contributed by atoms with Gasteiger partial charge in [-0.05, 0) is 30.0 Å². The molecule has 0 radical (unpaired) electrons. The fourth-order valence-corrected chi connectivity index (χ4v) is 1.69. The SMILES string of the molecule is COc1ccc(/C=C/c2cc(SC)on2)cc1. The lowest BCUT2D eigenvalue weighted by atomic mass is 10.2. The first-order valence-corrected chi connectivity index (χ1v) is 6.37. The number of benzene rings is 1. The van der Waals surface area contributed by atoms with E-state index in [-0.39, 0.29) is 0 Å². The number of ether oxygens (including phenoxy) is 1. The number of nitrogens with zero attached hydrogens (tertiary/aromatic N) is 1. The highest BCUT2D eigenvalue weighted by Gasteiger charge is 1.98. The third-order valence-electron chi connectivity index (χ3n) is 2.27. The van der Waals surface area contributed by atoms with Crippen molar-refractivity contribution in [3.63, 3.8) is 0 Å². The molecular formula is C13H13NO2S. The Hall–Kier alpha value is -1.68. The lowest BCUT2D eigenvalue weighted by Crippen LogP contribution is -1.81. The van der Waals surface area contributed by atoms with Crippen molar-refractivity contribution in [1.82, 2.24) is 5.16 Å². The quantitative estimate of drug-likeness (QED) is 0.774. The van der Waals surface area contributed by atoms with Gasteiger partial charge in [-0.25, -0.2) is 0 Å². The minimum Gasteiger partial charge on any atom is -0.497 e. The summed E-state index contributed by atoms with van der Waals surface area (Å²) in [6, 6.07) is 9.74. The van der Waals surface area contributed by atoms with Crippen LogP contribution in [-0.2, 0) is 0 Å². The van der Waals surface area contributed by atoms with Crippen molar-refractivity contribution in [2.24, 2.45) is 0 Å². The molecule has 0 aliphatic carbocycles. The first-order valence-electron chi connectivity index (χ1n) is 5.14. The van der Waals surface area contributed by atoms with Gasteiger partial charge in [0.1, 0.15) is 11.4 Å². The molecule has 0 spiro atoms. The Labute approximate surface area is 104 Å². The van der Waals surface area contributed by atoms with Crippen LogP contribution in [0.3, 0.4) is 0 Å². The third-order valence-corrected chi connectivity index (χ3v) is 2.87. The molecule has 0 bridgehead atoms. The molecule has 0 aliphatic heterocycles. The molecule has 3 nitrogen and oxygen atoms in total. The van der Waals surface area contributed by atoms with Crippen LogP contribution in [0.5, 0.6) is 5.75 Å². The minimum absolute atomic E-state index is 0.819. The zero-order valence-corrected chi connectivity index (χ0v) is 10.5. The maximum atomic E-state index is 5.10. The molecule has 4 heteroatoms. The molecule has 2 rings (SSSR count). The van der Waals surface area contributed by atoms with E-state index in [1.54, 1.807) is 7.11 Å². The summed E-state index contributed by atoms with van der Waals surface area (Å²) in [5.41, 5.74) is 1.92. The normalized spacial score (nSPS) is 10.9. The molecule has 0 saturated heterocycles. The zero-order valence-electron chi connectivity index (χ0n) is 9.71. The van der Waals surface area contributed by atoms with Crippen molar-refractivity contribution in [2.75, 3.05) is 13.4 Å². The van der Waals surface area contributed by atoms with Crippen LogP contribution in [0.1, 0.15) is 11.3 Å². The summed E-state index contributed by atoms with van der Waals surface area (Å²) in [7, 11) is 1.66. The highest BCUT2D eigenvalue weighted by atomic mass is 32.2. The second-order valence-corrected chi connectivity index (χ2v) is 4.19. The van der Waals surface area contributed by atoms with Crippen molar-refractivity contribution in [3.8, 4) is 5.75 Å². The van der Waals surface area contributed by atoms with Crippen LogP contribution in [0.2, 0.25) is 0 Å². The fraction of sp³-hybridized carbons (Fsp3) is 0.154. The van der Waals surface area contributed by atoms with Crippen molar-refractivity contribution in [1.29, 1.82) is 0 Å². The van der Waals surface area contributed by atoms with E-state index in [0.717, 1.165) is 22.1 Å². The molecule has 0 saturated carbocycles. The van der Waals surface area contributed by atoms with Gasteiger partial charge in [0.05, 0.1) is 7.11 Å². The predicted molar refractivity (Wildman–Crippen MR) is 70.2 cm³/mol. The summed E-state index contributed by atoms with van der Waals surface area (Å²) in [5.74, 6) is 0.855. The van der Waals surface area contributed by atoms with E-state index in [9.17, 15) is 0 Å². The molecule has 0 N–H and O–H groups in total. The monoisotopic (exact) mass is 247 g/mol. The van der Waals surface area contributed by atoms with E-state index < -0.39 is 0 Å². The summed E-state index contributed by atoms with van der Waals surface area (Å²) in [6.07, 6.45) is 5.86. The molecule has 1 heterocycles. The van der Waals surface area contributed by atoms with E-state index in [1.807, 2.05) is 48.7 Å². The van der Waals surface area contributed by atoms with Gasteiger partial charge in [-0.15, -0.1) is 0 Å². The number of thioether (sulfide) groups is 1. The second-order valence-electron chi connectivity index (χ2n) is 3.38. The second kappa shape index (κ2) is 5.59. The highest BCUT2D eigenvalue weighted by Crippen LogP contribution is 2.17. The summed E-state index contributed by atoms with van der Waals surface area (Å²) in [6.45, 7) is 0. The molecule has 0 unspecified atom stereocenters. The highest BCUT2D eigenvalue weighted by molar-refractivity contribution is 7.98. The summed E-state index contributed by atoms with van der Waals surface area (Å²) >= 11 is 1.54. The van der Waals surface area contributed by atoms with Crippen molar-refractivity contribution in [3.05, 3.63) is 41.6 Å². The maximum absolute atomic E-state index is 5.10. The number of methoxy groups -OCH3 is 1. The van der Waals surface area contributed by atoms with Crippen molar-refractivity contribution < 1.29 is 9.26 Å². The Morgan fingerprint density at radius 1 is 1.24 bits per heavy atom. The van der Waals surface area contributed by atoms with Crippen LogP contribution < -0.4 is 4.74 Å². The largest absolute Gasteiger partial charge is 0.497 e. The van der Waals surface area contributed by atoms with E-state index >= 15 is 0 Å². The Morgan fingerprint density at radius 2 is 2.00 bits per heavy atom. The van der Waals surface area contributed by atoms with Crippen LogP contribution in [0, 0.1) is 0 Å². The fourth-order valence-electron chi connectivity index (χ4n) is 1.34. The van der Waals surface area contributed by atoms with Gasteiger partial charge in [-0.3, -0.25) is 0 Å². The van der Waals surface area contributed by atoms with Crippen molar-refractivity contribution >= 4 is 23.9 Å². The summed E-state index contributed by atoms with van der Waals surface area (Å²) in [4.78, 5) is 0. The Bertz CT molecular complexity index is 502. The van der Waals surface area contributed by atoms with Gasteiger partial charge in [-0.2, -0.15) is 0 Å². The minimum atomic E-state index is 0.819. The van der Waals surface area contributed by atoms with E-state index in [4.69, 9.17) is 9.26 Å². The van der Waals surface area contributed by atoms with Gasteiger partial charge in [0, 0.05) is 6.07 Å². The predicted octanol–water partition coefficient (Wildman–Crippen LogP) is 3.58. The molecule has 2 aromatic rings. The third kappa shape index (κ3) is 3.14. The van der Waals surface area contributed by atoms with Crippen LogP contribution in [0.15, 0.2) is 39.9 Å². The molecule has 1 aromatic carbocycles. The molecule has 0 aliphatic rings. The number of rotatable bonds is 4. The standard InChI is InChI=1S/C13H13NO2S/c1-15-12-7-4-10(5-8-12)3-6-11-9-13(17-2)16-14-11/h3-9H,1-2H3/b6-3+. The maximum Gasteiger partial charge on any atom is 0.193 e. The van der Waals surface area contributed by atoms with Crippen LogP contribution >= 0.6 is 11.8 Å². The van der Waals surface area contributed by atoms with Gasteiger partial charge in [0.15, 0.2) is 5.09 Å². The molecule has 0 atom stereocenters. The lowest BCUT2D eigenvalue weighted by Gasteiger charge is -1.98. The van der Waals surface area contributed by atoms with Crippen LogP contribution in [-0.4, -0.2) is 18.5 Å². The van der Waals surface area contributed by atoms with Gasteiger partial charge < -0.3 is 9.26 Å². The Kier molecular flexibility index (Phi) is 3.88. The Balaban J connectivity index is 2.08. The first-order chi connectivity index (χ1) is 8.31. The molecule has 88 valence electrons. The van der Waals surface area contributed by atoms with Crippen LogP contribution in [0.25, 0.3) is 12.2 Å². The molecule has 1 aromatic heterocycles. The van der Waals surface area contributed by atoms with E-state index in [2.05, 4.69) is 5.16 Å². The summed E-state index contributed by atoms with van der Waals surface area (Å²) < 4.78 is 10.2. The average Bonchev–Trinajstić information content (AvgIpc) is 2.85. The first kappa shape index (κ1) is 11.8. The number of aromatic nitrogens is 1. The number of hydrogen-bond donors (Lipinski definition) is 0. The van der Waals surface area contributed by atoms with Gasteiger partial charge >= 0.3 is 0 Å². The van der Waals surface area contributed by atoms with Crippen LogP contribution in [0.4, 0.5) is 0 Å². The lowest BCUT2D eigenvalue weighted by molar-refractivity contribution is 0.349. The number of hydrogen-bond acceptors (Lipinski definition) is 4. The van der Waals surface area contributed by atoms with Gasteiger partial charge in [0.25, 0.3) is 0 Å². The smallest absolute Gasteiger partial charge is 0.193 e. The average molecular weight is 247 g/mol. The molecule has 0 amide bonds. The zero-order chi connectivity index (χ0) is 12.1. The Morgan fingerprint density at radius 3 is 2.59 bits per heavy atom. The van der Waals surface area contributed by atoms with Gasteiger partial charge in [0.2, 0.25) is 0 Å². The van der Waals surface area contributed by atoms with Gasteiger partial charge in [-0.1, -0.05) is 35.1 Å². The van der Waals surface area contributed by atoms with Crippen molar-refractivity contribution in [2.45, 2.75) is 5.09 Å². The molecule has 17 heavy (non-hydrogen) atoms. The summed E-state index contributed by atoms with van der Waals surface area (Å²) in [5, 5.41) is 4.75. The molecular weight excluding hydrogens is 234 g/mol. The topological polar surface area (TPSA) is 35.3 Å². The van der Waals surface area contributed by atoms with E-state index in [1.165, 1.54) is 11.8 Å².